The van der Waals surface area contributed by atoms with E-state index in [1.165, 1.54) is 26.4 Å². The van der Waals surface area contributed by atoms with Crippen molar-refractivity contribution in [2.24, 2.45) is 7.05 Å². The van der Waals surface area contributed by atoms with Crippen molar-refractivity contribution in [3.8, 4) is 0 Å². The highest BCUT2D eigenvalue weighted by molar-refractivity contribution is 7.19. The van der Waals surface area contributed by atoms with Crippen LogP contribution in [0.25, 0.3) is 10.2 Å². The molecule has 0 amide bonds. The Morgan fingerprint density at radius 1 is 1.25 bits per heavy atom. The SMILES string of the molecule is Cc1sc2cc(C)n(C)c2c1C. The van der Waals surface area contributed by atoms with Crippen molar-refractivity contribution in [1.82, 2.24) is 4.57 Å². The Labute approximate surface area is 76.6 Å². The van der Waals surface area contributed by atoms with Gasteiger partial charge in [0.2, 0.25) is 0 Å². The van der Waals surface area contributed by atoms with E-state index in [0.29, 0.717) is 0 Å². The summed E-state index contributed by atoms with van der Waals surface area (Å²) in [5.74, 6) is 0. The van der Waals surface area contributed by atoms with Gasteiger partial charge >= 0.3 is 0 Å². The molecule has 0 aliphatic heterocycles. The van der Waals surface area contributed by atoms with E-state index in [2.05, 4.69) is 38.5 Å². The van der Waals surface area contributed by atoms with Gasteiger partial charge in [-0.3, -0.25) is 0 Å². The van der Waals surface area contributed by atoms with E-state index < -0.39 is 0 Å². The molecule has 0 atom stereocenters. The van der Waals surface area contributed by atoms with Crippen LogP contribution >= 0.6 is 11.3 Å². The summed E-state index contributed by atoms with van der Waals surface area (Å²) >= 11 is 1.89. The fourth-order valence-corrected chi connectivity index (χ4v) is 2.81. The molecule has 2 aromatic rings. The molecule has 0 saturated carbocycles. The van der Waals surface area contributed by atoms with E-state index in [-0.39, 0.29) is 0 Å². The lowest BCUT2D eigenvalue weighted by atomic mass is 10.3. The van der Waals surface area contributed by atoms with Crippen LogP contribution in [0.2, 0.25) is 0 Å². The molecule has 1 nitrogen and oxygen atoms in total. The van der Waals surface area contributed by atoms with E-state index >= 15 is 0 Å². The van der Waals surface area contributed by atoms with Crippen molar-refractivity contribution < 1.29 is 0 Å². The standard InChI is InChI=1S/C10H13NS/c1-6-5-9-10(11(6)4)7(2)8(3)12-9/h5H,1-4H3. The molecule has 2 rings (SSSR count). The van der Waals surface area contributed by atoms with Crippen LogP contribution in [0.4, 0.5) is 0 Å². The lowest BCUT2D eigenvalue weighted by molar-refractivity contribution is 0.914. The predicted octanol–water partition coefficient (Wildman–Crippen LogP) is 3.17. The molecule has 64 valence electrons. The smallest absolute Gasteiger partial charge is 0.0621 e. The summed E-state index contributed by atoms with van der Waals surface area (Å²) < 4.78 is 3.69. The highest BCUT2D eigenvalue weighted by Crippen LogP contribution is 2.31. The summed E-state index contributed by atoms with van der Waals surface area (Å²) in [6.45, 7) is 6.55. The number of nitrogens with zero attached hydrogens (tertiary/aromatic N) is 1. The topological polar surface area (TPSA) is 4.93 Å². The number of hydrogen-bond donors (Lipinski definition) is 0. The number of thiophene rings is 1. The van der Waals surface area contributed by atoms with E-state index in [1.54, 1.807) is 0 Å². The zero-order chi connectivity index (χ0) is 8.88. The minimum atomic E-state index is 1.35. The van der Waals surface area contributed by atoms with Crippen molar-refractivity contribution >= 4 is 21.6 Å². The normalized spacial score (nSPS) is 11.3. The molecule has 0 N–H and O–H groups in total. The number of fused-ring (bicyclic) bond motifs is 1. The van der Waals surface area contributed by atoms with Crippen LogP contribution < -0.4 is 0 Å². The Hall–Kier alpha value is -0.760. The number of rotatable bonds is 0. The molecule has 0 aromatic carbocycles. The molecule has 0 fully saturated rings. The monoisotopic (exact) mass is 179 g/mol. The van der Waals surface area contributed by atoms with Gasteiger partial charge in [-0.05, 0) is 32.4 Å². The van der Waals surface area contributed by atoms with Gasteiger partial charge in [-0.25, -0.2) is 0 Å². The number of aromatic nitrogens is 1. The zero-order valence-electron chi connectivity index (χ0n) is 7.93. The second kappa shape index (κ2) is 2.36. The average Bonchev–Trinajstić information content (AvgIpc) is 2.40. The van der Waals surface area contributed by atoms with E-state index in [0.717, 1.165) is 0 Å². The van der Waals surface area contributed by atoms with Crippen molar-refractivity contribution in [3.05, 3.63) is 22.2 Å². The molecule has 2 aromatic heterocycles. The third kappa shape index (κ3) is 0.845. The third-order valence-corrected chi connectivity index (χ3v) is 3.73. The third-order valence-electron chi connectivity index (χ3n) is 2.58. The van der Waals surface area contributed by atoms with Crippen LogP contribution in [0.15, 0.2) is 6.07 Å². The molecule has 2 heterocycles. The molecule has 0 radical (unpaired) electrons. The zero-order valence-corrected chi connectivity index (χ0v) is 8.75. The van der Waals surface area contributed by atoms with Gasteiger partial charge in [0.05, 0.1) is 10.2 Å². The fourth-order valence-electron chi connectivity index (χ4n) is 1.62. The maximum Gasteiger partial charge on any atom is 0.0621 e. The van der Waals surface area contributed by atoms with E-state index in [9.17, 15) is 0 Å². The van der Waals surface area contributed by atoms with Crippen LogP contribution in [0.5, 0.6) is 0 Å². The molecule has 2 heteroatoms. The molecular weight excluding hydrogens is 166 g/mol. The molecular formula is C10H13NS. The first-order chi connectivity index (χ1) is 5.61. The largest absolute Gasteiger partial charge is 0.347 e. The summed E-state index contributed by atoms with van der Waals surface area (Å²) in [5, 5.41) is 0. The number of aryl methyl sites for hydroxylation is 4. The molecule has 0 saturated heterocycles. The van der Waals surface area contributed by atoms with Gasteiger partial charge in [0, 0.05) is 17.6 Å². The second-order valence-electron chi connectivity index (χ2n) is 3.34. The first-order valence-corrected chi connectivity index (χ1v) is 4.95. The Bertz CT molecular complexity index is 397. The Kier molecular flexibility index (Phi) is 1.55. The molecule has 0 spiro atoms. The minimum absolute atomic E-state index is 1.35. The fraction of sp³-hybridized carbons (Fsp3) is 0.400. The van der Waals surface area contributed by atoms with Crippen LogP contribution in [-0.2, 0) is 7.05 Å². The van der Waals surface area contributed by atoms with Crippen LogP contribution in [0.3, 0.4) is 0 Å². The van der Waals surface area contributed by atoms with Crippen molar-refractivity contribution in [2.75, 3.05) is 0 Å². The lowest BCUT2D eigenvalue weighted by Gasteiger charge is -1.98. The summed E-state index contributed by atoms with van der Waals surface area (Å²) in [6, 6.07) is 2.26. The summed E-state index contributed by atoms with van der Waals surface area (Å²) in [4.78, 5) is 1.44. The first-order valence-electron chi connectivity index (χ1n) is 4.13. The van der Waals surface area contributed by atoms with Gasteiger partial charge in [0.25, 0.3) is 0 Å². The van der Waals surface area contributed by atoms with E-state index in [1.807, 2.05) is 11.3 Å². The lowest BCUT2D eigenvalue weighted by Crippen LogP contribution is -1.90. The quantitative estimate of drug-likeness (QED) is 0.585. The highest BCUT2D eigenvalue weighted by atomic mass is 32.1. The Balaban J connectivity index is 2.94. The summed E-state index contributed by atoms with van der Waals surface area (Å²) in [7, 11) is 2.14. The van der Waals surface area contributed by atoms with Gasteiger partial charge in [0.15, 0.2) is 0 Å². The highest BCUT2D eigenvalue weighted by Gasteiger charge is 2.09. The van der Waals surface area contributed by atoms with Gasteiger partial charge < -0.3 is 4.57 Å². The summed E-state index contributed by atoms with van der Waals surface area (Å²) in [5.41, 5.74) is 4.19. The van der Waals surface area contributed by atoms with Gasteiger partial charge in [0.1, 0.15) is 0 Å². The first kappa shape index (κ1) is 7.87. The Morgan fingerprint density at radius 2 is 1.92 bits per heavy atom. The minimum Gasteiger partial charge on any atom is -0.347 e. The van der Waals surface area contributed by atoms with E-state index in [4.69, 9.17) is 0 Å². The van der Waals surface area contributed by atoms with Crippen LogP contribution in [-0.4, -0.2) is 4.57 Å². The van der Waals surface area contributed by atoms with Crippen LogP contribution in [0, 0.1) is 20.8 Å². The van der Waals surface area contributed by atoms with Gasteiger partial charge in [-0.15, -0.1) is 11.3 Å². The maximum absolute atomic E-state index is 2.27. The van der Waals surface area contributed by atoms with Crippen molar-refractivity contribution in [1.29, 1.82) is 0 Å². The second-order valence-corrected chi connectivity index (χ2v) is 4.60. The maximum atomic E-state index is 2.27. The van der Waals surface area contributed by atoms with Gasteiger partial charge in [-0.1, -0.05) is 0 Å². The molecule has 0 aliphatic rings. The summed E-state index contributed by atoms with van der Waals surface area (Å²) in [6.07, 6.45) is 0. The Morgan fingerprint density at radius 3 is 2.50 bits per heavy atom. The van der Waals surface area contributed by atoms with Gasteiger partial charge in [-0.2, -0.15) is 0 Å². The predicted molar refractivity (Wildman–Crippen MR) is 55.0 cm³/mol. The molecule has 12 heavy (non-hydrogen) atoms. The van der Waals surface area contributed by atoms with Crippen molar-refractivity contribution in [3.63, 3.8) is 0 Å². The van der Waals surface area contributed by atoms with Crippen LogP contribution in [0.1, 0.15) is 16.1 Å². The molecule has 0 aliphatic carbocycles. The number of hydrogen-bond acceptors (Lipinski definition) is 1. The molecule has 0 bridgehead atoms. The average molecular weight is 179 g/mol. The molecule has 0 unspecified atom stereocenters. The van der Waals surface area contributed by atoms with Crippen molar-refractivity contribution in [2.45, 2.75) is 20.8 Å².